The molecule has 0 fully saturated rings. The lowest BCUT2D eigenvalue weighted by atomic mass is 10.0. The zero-order chi connectivity index (χ0) is 22.1. The van der Waals surface area contributed by atoms with Crippen LogP contribution < -0.4 is 22.9 Å². The van der Waals surface area contributed by atoms with Crippen LogP contribution in [0.5, 0.6) is 0 Å². The van der Waals surface area contributed by atoms with E-state index < -0.39 is 0 Å². The largest absolute Gasteiger partial charge is 0.327 e. The van der Waals surface area contributed by atoms with E-state index in [-0.39, 0.29) is 0 Å². The molecular formula is C24H56N5+. The van der Waals surface area contributed by atoms with E-state index in [0.29, 0.717) is 24.2 Å². The van der Waals surface area contributed by atoms with E-state index >= 15 is 0 Å². The van der Waals surface area contributed by atoms with Gasteiger partial charge in [0, 0.05) is 49.9 Å². The minimum absolute atomic E-state index is 0.301. The first-order valence-corrected chi connectivity index (χ1v) is 12.7. The molecule has 29 heavy (non-hydrogen) atoms. The van der Waals surface area contributed by atoms with Crippen molar-refractivity contribution in [3.05, 3.63) is 0 Å². The van der Waals surface area contributed by atoms with Gasteiger partial charge >= 0.3 is 0 Å². The lowest BCUT2D eigenvalue weighted by Crippen LogP contribution is -2.54. The molecule has 0 radical (unpaired) electrons. The maximum absolute atomic E-state index is 6.42. The maximum atomic E-state index is 6.42. The zero-order valence-corrected chi connectivity index (χ0v) is 20.4. The molecule has 0 aliphatic rings. The van der Waals surface area contributed by atoms with Crippen molar-refractivity contribution in [2.75, 3.05) is 26.2 Å². The highest BCUT2D eigenvalue weighted by atomic mass is 15.3. The molecule has 0 bridgehead atoms. The highest BCUT2D eigenvalue weighted by Crippen LogP contribution is 2.19. The first-order chi connectivity index (χ1) is 13.8. The molecule has 0 aliphatic heterocycles. The van der Waals surface area contributed by atoms with E-state index in [1.165, 1.54) is 0 Å². The Balaban J connectivity index is 5.25. The van der Waals surface area contributed by atoms with Crippen LogP contribution in [0.4, 0.5) is 0 Å². The summed E-state index contributed by atoms with van der Waals surface area (Å²) in [6, 6.07) is 1.21. The van der Waals surface area contributed by atoms with Crippen molar-refractivity contribution in [1.82, 2.24) is 0 Å². The van der Waals surface area contributed by atoms with Gasteiger partial charge in [0.25, 0.3) is 0 Å². The minimum Gasteiger partial charge on any atom is -0.327 e. The number of nitrogens with zero attached hydrogens (tertiary/aromatic N) is 1. The first-order valence-electron chi connectivity index (χ1n) is 12.7. The summed E-state index contributed by atoms with van der Waals surface area (Å²) in [6.45, 7) is 13.4. The summed E-state index contributed by atoms with van der Waals surface area (Å²) < 4.78 is 1.10. The van der Waals surface area contributed by atoms with Crippen LogP contribution in [0.1, 0.15) is 105 Å². The highest BCUT2D eigenvalue weighted by molar-refractivity contribution is 4.68. The molecule has 8 N–H and O–H groups in total. The second kappa shape index (κ2) is 17.5. The Morgan fingerprint density at radius 2 is 0.621 bits per heavy atom. The lowest BCUT2D eigenvalue weighted by Gasteiger charge is -2.41. The van der Waals surface area contributed by atoms with Crippen molar-refractivity contribution in [2.24, 2.45) is 22.9 Å². The molecular weight excluding hydrogens is 358 g/mol. The number of hydrogen-bond donors (Lipinski definition) is 4. The standard InChI is InChI=1S/C24H56N5/c1-5-9-21(25)13-17-29(18-14-22(26)10-6-2,19-15-23(27)11-7-3)20-16-24(28)12-8-4/h21-24H,5-20,25-28H2,1-4H3/q+1. The lowest BCUT2D eigenvalue weighted by molar-refractivity contribution is -0.929. The third kappa shape index (κ3) is 14.4. The number of rotatable bonds is 20. The second-order valence-electron chi connectivity index (χ2n) is 9.59. The van der Waals surface area contributed by atoms with Crippen LogP contribution in [-0.2, 0) is 0 Å². The summed E-state index contributed by atoms with van der Waals surface area (Å²) in [5, 5.41) is 0. The fraction of sp³-hybridized carbons (Fsp3) is 1.00. The van der Waals surface area contributed by atoms with E-state index in [1.807, 2.05) is 0 Å². The third-order valence-electron chi connectivity index (χ3n) is 6.53. The van der Waals surface area contributed by atoms with Crippen molar-refractivity contribution in [3.63, 3.8) is 0 Å². The molecule has 0 saturated heterocycles. The van der Waals surface area contributed by atoms with Crippen LogP contribution >= 0.6 is 0 Å². The molecule has 0 heterocycles. The average Bonchev–Trinajstić information content (AvgIpc) is 2.68. The van der Waals surface area contributed by atoms with Crippen molar-refractivity contribution in [1.29, 1.82) is 0 Å². The van der Waals surface area contributed by atoms with E-state index in [4.69, 9.17) is 22.9 Å². The van der Waals surface area contributed by atoms with Crippen LogP contribution in [0.15, 0.2) is 0 Å². The quantitative estimate of drug-likeness (QED) is 0.227. The predicted octanol–water partition coefficient (Wildman–Crippen LogP) is 3.87. The molecule has 0 spiro atoms. The molecule has 0 aliphatic carbocycles. The molecule has 0 aromatic carbocycles. The Morgan fingerprint density at radius 1 is 0.414 bits per heavy atom. The van der Waals surface area contributed by atoms with E-state index in [0.717, 1.165) is 108 Å². The number of quaternary nitrogens is 1. The van der Waals surface area contributed by atoms with Gasteiger partial charge in [-0.1, -0.05) is 53.4 Å². The van der Waals surface area contributed by atoms with E-state index in [9.17, 15) is 0 Å². The summed E-state index contributed by atoms with van der Waals surface area (Å²) in [5.74, 6) is 0. The van der Waals surface area contributed by atoms with Crippen LogP contribution in [0.3, 0.4) is 0 Å². The van der Waals surface area contributed by atoms with Gasteiger partial charge in [-0.2, -0.15) is 0 Å². The van der Waals surface area contributed by atoms with Gasteiger partial charge in [-0.25, -0.2) is 0 Å². The Kier molecular flexibility index (Phi) is 17.4. The van der Waals surface area contributed by atoms with E-state index in [1.54, 1.807) is 0 Å². The zero-order valence-electron chi connectivity index (χ0n) is 20.4. The first kappa shape index (κ1) is 28.8. The molecule has 0 saturated carbocycles. The molecule has 4 unspecified atom stereocenters. The molecule has 176 valence electrons. The average molecular weight is 415 g/mol. The van der Waals surface area contributed by atoms with Gasteiger partial charge in [0.1, 0.15) is 0 Å². The van der Waals surface area contributed by atoms with Crippen LogP contribution in [0, 0.1) is 0 Å². The van der Waals surface area contributed by atoms with Crippen molar-refractivity contribution < 1.29 is 4.48 Å². The predicted molar refractivity (Wildman–Crippen MR) is 130 cm³/mol. The fourth-order valence-electron chi connectivity index (χ4n) is 4.49. The summed E-state index contributed by atoms with van der Waals surface area (Å²) >= 11 is 0. The van der Waals surface area contributed by atoms with Gasteiger partial charge in [-0.15, -0.1) is 0 Å². The Bertz CT molecular complexity index is 294. The molecule has 4 atom stereocenters. The molecule has 5 nitrogen and oxygen atoms in total. The summed E-state index contributed by atoms with van der Waals surface area (Å²) in [7, 11) is 0. The Hall–Kier alpha value is -0.200. The second-order valence-corrected chi connectivity index (χ2v) is 9.59. The van der Waals surface area contributed by atoms with Crippen molar-refractivity contribution >= 4 is 0 Å². The number of hydrogen-bond acceptors (Lipinski definition) is 4. The SMILES string of the molecule is CCCC(N)CC[N+](CCC(N)CCC)(CCC(N)CCC)CCC(N)CCC. The van der Waals surface area contributed by atoms with Gasteiger partial charge in [-0.05, 0) is 25.7 Å². The van der Waals surface area contributed by atoms with Gasteiger partial charge in [0.2, 0.25) is 0 Å². The smallest absolute Gasteiger partial charge is 0.0801 e. The van der Waals surface area contributed by atoms with Crippen molar-refractivity contribution in [3.8, 4) is 0 Å². The van der Waals surface area contributed by atoms with Gasteiger partial charge in [0.05, 0.1) is 26.2 Å². The third-order valence-corrected chi connectivity index (χ3v) is 6.53. The minimum atomic E-state index is 0.301. The van der Waals surface area contributed by atoms with Gasteiger partial charge in [-0.3, -0.25) is 0 Å². The normalized spacial score (nSPS) is 18.2. The molecule has 0 aromatic rings. The van der Waals surface area contributed by atoms with E-state index in [2.05, 4.69) is 27.7 Å². The van der Waals surface area contributed by atoms with Gasteiger partial charge in [0.15, 0.2) is 0 Å². The highest BCUT2D eigenvalue weighted by Gasteiger charge is 2.29. The van der Waals surface area contributed by atoms with Crippen LogP contribution in [0.2, 0.25) is 0 Å². The topological polar surface area (TPSA) is 104 Å². The van der Waals surface area contributed by atoms with Crippen molar-refractivity contribution in [2.45, 2.75) is 129 Å². The molecule has 5 heteroatoms. The monoisotopic (exact) mass is 414 g/mol. The Labute approximate surface area is 182 Å². The number of nitrogens with two attached hydrogens (primary N) is 4. The Morgan fingerprint density at radius 3 is 0.793 bits per heavy atom. The summed E-state index contributed by atoms with van der Waals surface area (Å²) in [5.41, 5.74) is 25.7. The maximum Gasteiger partial charge on any atom is 0.0801 e. The van der Waals surface area contributed by atoms with Gasteiger partial charge < -0.3 is 27.4 Å². The molecule has 0 aromatic heterocycles. The summed E-state index contributed by atoms with van der Waals surface area (Å²) in [4.78, 5) is 0. The molecule has 0 rings (SSSR count). The fourth-order valence-corrected chi connectivity index (χ4v) is 4.49. The summed E-state index contributed by atoms with van der Waals surface area (Å²) in [6.07, 6.45) is 13.4. The van der Waals surface area contributed by atoms with Crippen LogP contribution in [0.25, 0.3) is 0 Å². The molecule has 0 amide bonds. The van der Waals surface area contributed by atoms with Crippen LogP contribution in [-0.4, -0.2) is 54.8 Å².